The van der Waals surface area contributed by atoms with E-state index in [0.717, 1.165) is 11.1 Å². The smallest absolute Gasteiger partial charge is 0.250 e. The molecule has 8 nitrogen and oxygen atoms in total. The number of nitrogens with zero attached hydrogens (tertiary/aromatic N) is 1. The fraction of sp³-hybridized carbons (Fsp3) is 0.333. The van der Waals surface area contributed by atoms with Crippen LogP contribution in [0.25, 0.3) is 0 Å². The number of para-hydroxylation sites is 1. The number of hydrogen-bond donors (Lipinski definition) is 3. The first-order valence-corrected chi connectivity index (χ1v) is 10.7. The number of rotatable bonds is 5. The number of carbonyl (C=O) groups excluding carboxylic acids is 4. The monoisotopic (exact) mass is 432 g/mol. The molecule has 3 aliphatic rings. The Morgan fingerprint density at radius 2 is 1.81 bits per heavy atom. The van der Waals surface area contributed by atoms with Crippen molar-refractivity contribution in [1.82, 2.24) is 10.2 Å². The molecule has 164 valence electrons. The molecule has 3 aliphatic heterocycles. The van der Waals surface area contributed by atoms with Crippen molar-refractivity contribution in [3.63, 3.8) is 0 Å². The van der Waals surface area contributed by atoms with Gasteiger partial charge in [-0.05, 0) is 24.5 Å². The summed E-state index contributed by atoms with van der Waals surface area (Å²) in [6, 6.07) is 14.4. The van der Waals surface area contributed by atoms with Crippen LogP contribution in [0.2, 0.25) is 0 Å². The van der Waals surface area contributed by atoms with Gasteiger partial charge in [-0.1, -0.05) is 48.5 Å². The number of aryl methyl sites for hydroxylation is 1. The molecule has 0 aromatic heterocycles. The summed E-state index contributed by atoms with van der Waals surface area (Å²) in [5.41, 5.74) is 7.20. The molecule has 0 saturated carbocycles. The number of nitrogens with one attached hydrogen (secondary N) is 2. The molecule has 0 radical (unpaired) electrons. The quantitative estimate of drug-likeness (QED) is 0.605. The molecule has 2 aromatic rings. The van der Waals surface area contributed by atoms with Crippen LogP contribution in [0.15, 0.2) is 48.5 Å². The number of anilines is 1. The number of nitrogens with two attached hydrogens (primary N) is 1. The first kappa shape index (κ1) is 20.4. The van der Waals surface area contributed by atoms with Gasteiger partial charge in [-0.15, -0.1) is 0 Å². The van der Waals surface area contributed by atoms with Gasteiger partial charge >= 0.3 is 0 Å². The van der Waals surface area contributed by atoms with E-state index in [1.54, 1.807) is 6.07 Å². The molecule has 1 spiro atoms. The van der Waals surface area contributed by atoms with Crippen molar-refractivity contribution < 1.29 is 19.2 Å². The number of primary amides is 1. The van der Waals surface area contributed by atoms with E-state index < -0.39 is 29.3 Å². The van der Waals surface area contributed by atoms with Gasteiger partial charge in [0.2, 0.25) is 23.6 Å². The van der Waals surface area contributed by atoms with Gasteiger partial charge in [0.25, 0.3) is 0 Å². The predicted molar refractivity (Wildman–Crippen MR) is 116 cm³/mol. The molecule has 0 unspecified atom stereocenters. The van der Waals surface area contributed by atoms with Crippen LogP contribution in [0.3, 0.4) is 0 Å². The van der Waals surface area contributed by atoms with E-state index in [0.29, 0.717) is 17.7 Å². The van der Waals surface area contributed by atoms with Crippen molar-refractivity contribution in [2.45, 2.75) is 31.3 Å². The van der Waals surface area contributed by atoms with Crippen LogP contribution < -0.4 is 16.4 Å². The van der Waals surface area contributed by atoms with Gasteiger partial charge in [0.05, 0.1) is 11.8 Å². The Morgan fingerprint density at radius 3 is 2.53 bits per heavy atom. The van der Waals surface area contributed by atoms with E-state index in [1.807, 2.05) is 49.4 Å². The van der Waals surface area contributed by atoms with Crippen LogP contribution in [0.5, 0.6) is 0 Å². The summed E-state index contributed by atoms with van der Waals surface area (Å²) in [6.07, 6.45) is 0.378. The highest BCUT2D eigenvalue weighted by molar-refractivity contribution is 6.15. The van der Waals surface area contributed by atoms with Crippen molar-refractivity contribution in [1.29, 1.82) is 0 Å². The van der Waals surface area contributed by atoms with Crippen LogP contribution in [0, 0.1) is 18.8 Å². The average Bonchev–Trinajstić information content (AvgIpc) is 3.33. The van der Waals surface area contributed by atoms with Gasteiger partial charge in [0.1, 0.15) is 5.54 Å². The zero-order valence-electron chi connectivity index (χ0n) is 17.6. The maximum absolute atomic E-state index is 13.6. The third-order valence-electron chi connectivity index (χ3n) is 6.94. The van der Waals surface area contributed by atoms with Gasteiger partial charge in [0, 0.05) is 30.3 Å². The average molecular weight is 432 g/mol. The number of carbonyl (C=O) groups is 4. The van der Waals surface area contributed by atoms with Crippen LogP contribution >= 0.6 is 0 Å². The molecule has 32 heavy (non-hydrogen) atoms. The summed E-state index contributed by atoms with van der Waals surface area (Å²) >= 11 is 0. The van der Waals surface area contributed by atoms with Gasteiger partial charge < -0.3 is 11.1 Å². The van der Waals surface area contributed by atoms with Gasteiger partial charge in [-0.25, -0.2) is 0 Å². The number of amides is 4. The summed E-state index contributed by atoms with van der Waals surface area (Å²) in [5, 5.41) is 6.10. The highest BCUT2D eigenvalue weighted by Gasteiger charge is 2.70. The standard InChI is InChI=1S/C24H24N4O4/c1-13-6-5-9-15-20(13)26-23(32)24(15)19-18(16(27-24)12-17(25)29)21(30)28(22(19)31)11-10-14-7-3-2-4-8-14/h2-9,16,18-19,27H,10-12H2,1H3,(H2,25,29)(H,26,32)/t16-,18-,19+,24+/m1/s1. The lowest BCUT2D eigenvalue weighted by Crippen LogP contribution is -2.53. The zero-order chi connectivity index (χ0) is 22.6. The number of benzene rings is 2. The Labute approximate surface area is 185 Å². The van der Waals surface area contributed by atoms with Crippen molar-refractivity contribution in [3.05, 3.63) is 65.2 Å². The Bertz CT molecular complexity index is 1150. The predicted octanol–water partition coefficient (Wildman–Crippen LogP) is 0.834. The third kappa shape index (κ3) is 2.79. The largest absolute Gasteiger partial charge is 0.370 e. The Kier molecular flexibility index (Phi) is 4.63. The van der Waals surface area contributed by atoms with E-state index in [2.05, 4.69) is 10.6 Å². The lowest BCUT2D eigenvalue weighted by atomic mass is 9.76. The number of imide groups is 1. The Hall–Kier alpha value is -3.52. The second-order valence-electron chi connectivity index (χ2n) is 8.75. The Morgan fingerprint density at radius 1 is 1.06 bits per heavy atom. The van der Waals surface area contributed by atoms with Crippen LogP contribution in [-0.4, -0.2) is 41.1 Å². The van der Waals surface area contributed by atoms with Gasteiger partial charge in [-0.2, -0.15) is 0 Å². The minimum absolute atomic E-state index is 0.136. The number of likely N-dealkylation sites (tertiary alicyclic amines) is 1. The Balaban J connectivity index is 1.55. The SMILES string of the molecule is Cc1cccc2c1NC(=O)[C@]21N[C@H](CC(N)=O)[C@H]2C(=O)N(CCc3ccccc3)C(=O)[C@H]21. The molecule has 4 atom stereocenters. The topological polar surface area (TPSA) is 122 Å². The fourth-order valence-corrected chi connectivity index (χ4v) is 5.53. The second kappa shape index (κ2) is 7.27. The highest BCUT2D eigenvalue weighted by Crippen LogP contribution is 2.53. The molecular weight excluding hydrogens is 408 g/mol. The summed E-state index contributed by atoms with van der Waals surface area (Å²) in [4.78, 5) is 53.4. The summed E-state index contributed by atoms with van der Waals surface area (Å²) in [6.45, 7) is 2.09. The minimum atomic E-state index is -1.40. The molecular formula is C24H24N4O4. The molecule has 8 heteroatoms. The molecule has 4 amide bonds. The lowest BCUT2D eigenvalue weighted by Gasteiger charge is -2.29. The molecule has 2 fully saturated rings. The van der Waals surface area contributed by atoms with E-state index in [9.17, 15) is 19.2 Å². The normalized spacial score (nSPS) is 28.2. The zero-order valence-corrected chi connectivity index (χ0v) is 17.6. The molecule has 0 aliphatic carbocycles. The molecule has 3 heterocycles. The summed E-state index contributed by atoms with van der Waals surface area (Å²) < 4.78 is 0. The fourth-order valence-electron chi connectivity index (χ4n) is 5.53. The molecule has 0 bridgehead atoms. The van der Waals surface area contributed by atoms with E-state index in [1.165, 1.54) is 4.90 Å². The minimum Gasteiger partial charge on any atom is -0.370 e. The van der Waals surface area contributed by atoms with Gasteiger partial charge in [0.15, 0.2) is 0 Å². The number of hydrogen-bond acceptors (Lipinski definition) is 5. The van der Waals surface area contributed by atoms with Crippen LogP contribution in [0.1, 0.15) is 23.1 Å². The van der Waals surface area contributed by atoms with Crippen molar-refractivity contribution in [2.75, 3.05) is 11.9 Å². The maximum Gasteiger partial charge on any atom is 0.250 e. The van der Waals surface area contributed by atoms with Gasteiger partial charge in [-0.3, -0.25) is 29.4 Å². The first-order chi connectivity index (χ1) is 15.3. The summed E-state index contributed by atoms with van der Waals surface area (Å²) in [5.74, 6) is -3.49. The third-order valence-corrected chi connectivity index (χ3v) is 6.94. The highest BCUT2D eigenvalue weighted by atomic mass is 16.2. The molecule has 5 rings (SSSR count). The first-order valence-electron chi connectivity index (χ1n) is 10.7. The van der Waals surface area contributed by atoms with Crippen LogP contribution in [0.4, 0.5) is 5.69 Å². The van der Waals surface area contributed by atoms with E-state index >= 15 is 0 Å². The molecule has 2 aromatic carbocycles. The lowest BCUT2D eigenvalue weighted by molar-refractivity contribution is -0.142. The van der Waals surface area contributed by atoms with E-state index in [-0.39, 0.29) is 30.7 Å². The summed E-state index contributed by atoms with van der Waals surface area (Å²) in [7, 11) is 0. The molecule has 2 saturated heterocycles. The van der Waals surface area contributed by atoms with E-state index in [4.69, 9.17) is 5.73 Å². The van der Waals surface area contributed by atoms with Crippen molar-refractivity contribution in [3.8, 4) is 0 Å². The van der Waals surface area contributed by atoms with Crippen LogP contribution in [-0.2, 0) is 31.1 Å². The maximum atomic E-state index is 13.6. The van der Waals surface area contributed by atoms with Crippen molar-refractivity contribution in [2.24, 2.45) is 17.6 Å². The van der Waals surface area contributed by atoms with Crippen molar-refractivity contribution >= 4 is 29.3 Å². The number of fused-ring (bicyclic) bond motifs is 4. The second-order valence-corrected chi connectivity index (χ2v) is 8.75. The molecule has 4 N–H and O–H groups in total.